The molecule has 0 aromatic heterocycles. The van der Waals surface area contributed by atoms with Crippen LogP contribution in [0.1, 0.15) is 51.9 Å². The zero-order valence-corrected chi connectivity index (χ0v) is 14.2. The third-order valence-corrected chi connectivity index (χ3v) is 2.67. The van der Waals surface area contributed by atoms with Gasteiger partial charge in [-0.25, -0.2) is 5.01 Å². The van der Waals surface area contributed by atoms with E-state index in [4.69, 9.17) is 0 Å². The van der Waals surface area contributed by atoms with Crippen LogP contribution in [0.4, 0.5) is 0 Å². The summed E-state index contributed by atoms with van der Waals surface area (Å²) in [7, 11) is 0. The number of nitrogens with zero attached hydrogens (tertiary/aromatic N) is 1. The van der Waals surface area contributed by atoms with Gasteiger partial charge in [0.15, 0.2) is 0 Å². The van der Waals surface area contributed by atoms with E-state index in [0.717, 1.165) is 0 Å². The number of rotatable bonds is 1. The summed E-state index contributed by atoms with van der Waals surface area (Å²) in [6, 6.07) is 8.77. The summed E-state index contributed by atoms with van der Waals surface area (Å²) >= 11 is 0. The van der Waals surface area contributed by atoms with E-state index in [1.807, 2.05) is 47.6 Å². The van der Waals surface area contributed by atoms with Crippen molar-refractivity contribution in [3.63, 3.8) is 0 Å². The van der Waals surface area contributed by atoms with Crippen LogP contribution in [0.15, 0.2) is 30.3 Å². The van der Waals surface area contributed by atoms with Crippen LogP contribution in [0.25, 0.3) is 0 Å². The van der Waals surface area contributed by atoms with Gasteiger partial charge in [0.25, 0.3) is 5.91 Å². The molecule has 0 unspecified atom stereocenters. The van der Waals surface area contributed by atoms with E-state index in [9.17, 15) is 9.59 Å². The van der Waals surface area contributed by atoms with Crippen LogP contribution in [0.5, 0.6) is 0 Å². The van der Waals surface area contributed by atoms with Crippen molar-refractivity contribution in [3.8, 4) is 11.8 Å². The maximum atomic E-state index is 12.3. The number of carbonyl (C=O) groups is 2. The Bertz CT molecular complexity index is 596. The minimum Gasteiger partial charge on any atom is -0.267 e. The first-order valence-electron chi connectivity index (χ1n) is 7.24. The maximum Gasteiger partial charge on any atom is 0.317 e. The van der Waals surface area contributed by atoms with E-state index < -0.39 is 11.4 Å². The highest BCUT2D eigenvalue weighted by atomic mass is 16.2. The fraction of sp³-hybridized carbons (Fsp3) is 0.444. The number of benzene rings is 1. The molecular formula is C18H24N2O2. The van der Waals surface area contributed by atoms with Gasteiger partial charge in [-0.2, -0.15) is 0 Å². The van der Waals surface area contributed by atoms with Gasteiger partial charge in [-0.05, 0) is 59.6 Å². The first-order chi connectivity index (χ1) is 10.0. The molecular weight excluding hydrogens is 276 g/mol. The first-order valence-corrected chi connectivity index (χ1v) is 7.24. The molecule has 1 rings (SSSR count). The van der Waals surface area contributed by atoms with E-state index >= 15 is 0 Å². The number of hydrazine groups is 1. The van der Waals surface area contributed by atoms with E-state index in [-0.39, 0.29) is 11.3 Å². The summed E-state index contributed by atoms with van der Waals surface area (Å²) in [6.45, 7) is 11.3. The largest absolute Gasteiger partial charge is 0.317 e. The van der Waals surface area contributed by atoms with Crippen molar-refractivity contribution in [2.45, 2.75) is 47.1 Å². The number of hydrogen-bond donors (Lipinski definition) is 1. The Kier molecular flexibility index (Phi) is 5.38. The van der Waals surface area contributed by atoms with Gasteiger partial charge in [0.2, 0.25) is 0 Å². The third kappa shape index (κ3) is 5.61. The average molecular weight is 300 g/mol. The van der Waals surface area contributed by atoms with Crippen molar-refractivity contribution in [1.29, 1.82) is 0 Å². The van der Waals surface area contributed by atoms with Crippen molar-refractivity contribution < 1.29 is 9.59 Å². The molecule has 0 heterocycles. The molecule has 0 aliphatic carbocycles. The van der Waals surface area contributed by atoms with Gasteiger partial charge in [-0.15, -0.1) is 0 Å². The van der Waals surface area contributed by atoms with E-state index in [2.05, 4.69) is 17.3 Å². The molecule has 1 aromatic carbocycles. The zero-order valence-electron chi connectivity index (χ0n) is 14.2. The zero-order chi connectivity index (χ0) is 17.0. The Morgan fingerprint density at radius 1 is 1.00 bits per heavy atom. The molecule has 4 nitrogen and oxygen atoms in total. The fourth-order valence-electron chi connectivity index (χ4n) is 1.58. The van der Waals surface area contributed by atoms with Crippen molar-refractivity contribution in [2.75, 3.05) is 0 Å². The Morgan fingerprint density at radius 2 is 1.55 bits per heavy atom. The van der Waals surface area contributed by atoms with Gasteiger partial charge in [0.05, 0.1) is 5.54 Å². The lowest BCUT2D eigenvalue weighted by Gasteiger charge is -2.34. The maximum absolute atomic E-state index is 12.3. The van der Waals surface area contributed by atoms with Crippen LogP contribution in [0.3, 0.4) is 0 Å². The molecule has 2 amide bonds. The van der Waals surface area contributed by atoms with Gasteiger partial charge < -0.3 is 0 Å². The lowest BCUT2D eigenvalue weighted by molar-refractivity contribution is -0.132. The molecule has 0 spiro atoms. The Hall–Kier alpha value is -2.28. The molecule has 0 radical (unpaired) electrons. The number of carbonyl (C=O) groups excluding carboxylic acids is 2. The van der Waals surface area contributed by atoms with E-state index in [1.165, 1.54) is 5.01 Å². The monoisotopic (exact) mass is 300 g/mol. The van der Waals surface area contributed by atoms with Crippen molar-refractivity contribution in [1.82, 2.24) is 10.4 Å². The Balaban J connectivity index is 2.98. The second kappa shape index (κ2) is 6.65. The standard InChI is InChI=1S/C18H24N2O2/c1-17(2,3)13-12-15(21)20(18(4,5)6)19-16(22)14-10-8-7-9-11-14/h7-11H,1-6H3,(H,19,22). The molecule has 0 aliphatic heterocycles. The summed E-state index contributed by atoms with van der Waals surface area (Å²) in [6.07, 6.45) is 0. The minimum atomic E-state index is -0.575. The summed E-state index contributed by atoms with van der Waals surface area (Å²) in [5.74, 6) is 4.75. The number of amides is 2. The molecule has 0 saturated heterocycles. The predicted molar refractivity (Wildman–Crippen MR) is 87.7 cm³/mol. The van der Waals surface area contributed by atoms with Crippen LogP contribution in [-0.2, 0) is 4.79 Å². The molecule has 1 N–H and O–H groups in total. The van der Waals surface area contributed by atoms with Gasteiger partial charge in [0, 0.05) is 11.0 Å². The Morgan fingerprint density at radius 3 is 2.00 bits per heavy atom. The van der Waals surface area contributed by atoms with Gasteiger partial charge in [-0.1, -0.05) is 24.1 Å². The van der Waals surface area contributed by atoms with Gasteiger partial charge >= 0.3 is 5.91 Å². The minimum absolute atomic E-state index is 0.275. The molecule has 0 saturated carbocycles. The third-order valence-electron chi connectivity index (χ3n) is 2.67. The molecule has 22 heavy (non-hydrogen) atoms. The second-order valence-corrected chi connectivity index (χ2v) is 7.12. The number of hydrogen-bond acceptors (Lipinski definition) is 2. The van der Waals surface area contributed by atoms with Crippen LogP contribution in [0, 0.1) is 17.3 Å². The summed E-state index contributed by atoms with van der Waals surface area (Å²) in [5, 5.41) is 1.28. The fourth-order valence-corrected chi connectivity index (χ4v) is 1.58. The van der Waals surface area contributed by atoms with Crippen LogP contribution in [0.2, 0.25) is 0 Å². The quantitative estimate of drug-likeness (QED) is 0.640. The van der Waals surface area contributed by atoms with Gasteiger partial charge in [0.1, 0.15) is 0 Å². The molecule has 1 aromatic rings. The van der Waals surface area contributed by atoms with Gasteiger partial charge in [-0.3, -0.25) is 15.0 Å². The summed E-state index contributed by atoms with van der Waals surface area (Å²) in [5.41, 5.74) is 2.30. The second-order valence-electron chi connectivity index (χ2n) is 7.12. The van der Waals surface area contributed by atoms with E-state index in [1.54, 1.807) is 24.3 Å². The highest BCUT2D eigenvalue weighted by molar-refractivity contribution is 5.99. The highest BCUT2D eigenvalue weighted by Gasteiger charge is 2.28. The SMILES string of the molecule is CC(C)(C)C#CC(=O)N(NC(=O)c1ccccc1)C(C)(C)C. The topological polar surface area (TPSA) is 49.4 Å². The molecule has 0 bridgehead atoms. The molecule has 4 heteroatoms. The lowest BCUT2D eigenvalue weighted by atomic mass is 9.98. The Labute approximate surface area is 132 Å². The average Bonchev–Trinajstić information content (AvgIpc) is 2.41. The normalized spacial score (nSPS) is 11.2. The molecule has 0 atom stereocenters. The summed E-state index contributed by atoms with van der Waals surface area (Å²) < 4.78 is 0. The highest BCUT2D eigenvalue weighted by Crippen LogP contribution is 2.13. The van der Waals surface area contributed by atoms with Crippen molar-refractivity contribution in [3.05, 3.63) is 35.9 Å². The smallest absolute Gasteiger partial charge is 0.267 e. The number of nitrogens with one attached hydrogen (secondary N) is 1. The summed E-state index contributed by atoms with van der Waals surface area (Å²) in [4.78, 5) is 24.6. The molecule has 118 valence electrons. The van der Waals surface area contributed by atoms with Crippen LogP contribution >= 0.6 is 0 Å². The van der Waals surface area contributed by atoms with Crippen molar-refractivity contribution in [2.24, 2.45) is 5.41 Å². The van der Waals surface area contributed by atoms with Crippen molar-refractivity contribution >= 4 is 11.8 Å². The van der Waals surface area contributed by atoms with Crippen LogP contribution in [-0.4, -0.2) is 22.4 Å². The van der Waals surface area contributed by atoms with E-state index in [0.29, 0.717) is 5.56 Å². The lowest BCUT2D eigenvalue weighted by Crippen LogP contribution is -2.55. The molecule has 0 aliphatic rings. The van der Waals surface area contributed by atoms with Crippen LogP contribution < -0.4 is 5.43 Å². The first kappa shape index (κ1) is 17.8. The predicted octanol–water partition coefficient (Wildman–Crippen LogP) is 3.01. The molecule has 0 fully saturated rings.